The van der Waals surface area contributed by atoms with Gasteiger partial charge in [0, 0.05) is 49.6 Å². The first-order chi connectivity index (χ1) is 10.3. The number of hydrogen-bond acceptors (Lipinski definition) is 5. The Morgan fingerprint density at radius 2 is 2.24 bits per heavy atom. The van der Waals surface area contributed by atoms with Crippen LogP contribution in [0.25, 0.3) is 5.65 Å². The first kappa shape index (κ1) is 13.9. The van der Waals surface area contributed by atoms with Crippen molar-refractivity contribution in [3.05, 3.63) is 36.4 Å². The molecule has 0 saturated heterocycles. The van der Waals surface area contributed by atoms with E-state index in [4.69, 9.17) is 0 Å². The van der Waals surface area contributed by atoms with E-state index >= 15 is 0 Å². The smallest absolute Gasteiger partial charge is 0.167 e. The molecule has 0 aliphatic heterocycles. The van der Waals surface area contributed by atoms with Crippen molar-refractivity contribution in [2.75, 3.05) is 17.6 Å². The molecule has 3 heterocycles. The molecule has 0 fully saturated rings. The van der Waals surface area contributed by atoms with Gasteiger partial charge in [0.05, 0.1) is 6.20 Å². The number of aryl methyl sites for hydroxylation is 2. The zero-order valence-corrected chi connectivity index (χ0v) is 13.0. The van der Waals surface area contributed by atoms with Gasteiger partial charge in [-0.3, -0.25) is 0 Å². The summed E-state index contributed by atoms with van der Waals surface area (Å²) in [7, 11) is 2.01. The number of nitrogens with zero attached hydrogens (tertiary/aromatic N) is 5. The molecule has 0 unspecified atom stereocenters. The van der Waals surface area contributed by atoms with Gasteiger partial charge in [-0.05, 0) is 6.42 Å². The number of anilines is 1. The average Bonchev–Trinajstić information content (AvgIpc) is 3.12. The van der Waals surface area contributed by atoms with Gasteiger partial charge in [0.1, 0.15) is 5.82 Å². The predicted molar refractivity (Wildman–Crippen MR) is 84.8 cm³/mol. The normalized spacial score (nSPS) is 11.1. The number of rotatable bonds is 6. The van der Waals surface area contributed by atoms with E-state index < -0.39 is 0 Å². The Balaban J connectivity index is 1.65. The number of nitrogens with one attached hydrogen (secondary N) is 1. The number of fused-ring (bicyclic) bond motifs is 1. The van der Waals surface area contributed by atoms with Gasteiger partial charge in [-0.1, -0.05) is 18.7 Å². The monoisotopic (exact) mass is 302 g/mol. The lowest BCUT2D eigenvalue weighted by atomic mass is 10.3. The zero-order chi connectivity index (χ0) is 14.7. The lowest BCUT2D eigenvalue weighted by Crippen LogP contribution is -2.10. The summed E-state index contributed by atoms with van der Waals surface area (Å²) in [4.78, 5) is 8.84. The third-order valence-electron chi connectivity index (χ3n) is 3.19. The van der Waals surface area contributed by atoms with Gasteiger partial charge < -0.3 is 9.88 Å². The molecule has 0 aliphatic rings. The molecule has 110 valence electrons. The second-order valence-corrected chi connectivity index (χ2v) is 5.75. The van der Waals surface area contributed by atoms with Crippen LogP contribution in [0.4, 0.5) is 5.82 Å². The van der Waals surface area contributed by atoms with Crippen LogP contribution in [0, 0.1) is 0 Å². The van der Waals surface area contributed by atoms with Crippen molar-refractivity contribution >= 4 is 23.2 Å². The molecule has 0 bridgehead atoms. The molecule has 0 spiro atoms. The van der Waals surface area contributed by atoms with Gasteiger partial charge in [0.2, 0.25) is 0 Å². The van der Waals surface area contributed by atoms with Crippen molar-refractivity contribution in [2.45, 2.75) is 18.5 Å². The maximum absolute atomic E-state index is 4.54. The van der Waals surface area contributed by atoms with Gasteiger partial charge in [-0.25, -0.2) is 9.97 Å². The summed E-state index contributed by atoms with van der Waals surface area (Å²) < 4.78 is 3.86. The summed E-state index contributed by atoms with van der Waals surface area (Å²) in [6, 6.07) is 3.98. The zero-order valence-electron chi connectivity index (χ0n) is 12.2. The fourth-order valence-corrected chi connectivity index (χ4v) is 2.87. The third-order valence-corrected chi connectivity index (χ3v) is 4.25. The van der Waals surface area contributed by atoms with Crippen LogP contribution < -0.4 is 5.32 Å². The van der Waals surface area contributed by atoms with Gasteiger partial charge in [0.15, 0.2) is 10.8 Å². The molecular weight excluding hydrogens is 284 g/mol. The molecule has 0 atom stereocenters. The Hall–Kier alpha value is -2.02. The molecule has 3 aromatic heterocycles. The van der Waals surface area contributed by atoms with Crippen molar-refractivity contribution < 1.29 is 0 Å². The van der Waals surface area contributed by atoms with Gasteiger partial charge in [-0.2, -0.15) is 9.61 Å². The quantitative estimate of drug-likeness (QED) is 0.559. The molecular formula is C14H18N6S. The Kier molecular flexibility index (Phi) is 4.10. The van der Waals surface area contributed by atoms with E-state index in [-0.39, 0.29) is 0 Å². The highest BCUT2D eigenvalue weighted by atomic mass is 32.2. The van der Waals surface area contributed by atoms with E-state index in [1.165, 1.54) is 0 Å². The summed E-state index contributed by atoms with van der Waals surface area (Å²) in [5.74, 6) is 1.93. The van der Waals surface area contributed by atoms with E-state index in [0.29, 0.717) is 0 Å². The summed E-state index contributed by atoms with van der Waals surface area (Å²) >= 11 is 1.73. The highest BCUT2D eigenvalue weighted by Crippen LogP contribution is 2.16. The molecule has 1 N–H and O–H groups in total. The number of aromatic nitrogens is 5. The maximum atomic E-state index is 4.54. The van der Waals surface area contributed by atoms with Crippen LogP contribution in [0.15, 0.2) is 35.9 Å². The van der Waals surface area contributed by atoms with Gasteiger partial charge in [0.25, 0.3) is 0 Å². The third kappa shape index (κ3) is 3.02. The SMILES string of the molecule is CCc1cc(NCCSc2nccn2C)n2nccc2n1. The van der Waals surface area contributed by atoms with E-state index in [9.17, 15) is 0 Å². The summed E-state index contributed by atoms with van der Waals surface area (Å²) in [5, 5.41) is 8.77. The van der Waals surface area contributed by atoms with Crippen molar-refractivity contribution in [3.8, 4) is 0 Å². The van der Waals surface area contributed by atoms with Crippen LogP contribution in [-0.2, 0) is 13.5 Å². The molecule has 3 aromatic rings. The van der Waals surface area contributed by atoms with Crippen molar-refractivity contribution in [1.82, 2.24) is 24.1 Å². The highest BCUT2D eigenvalue weighted by molar-refractivity contribution is 7.99. The molecule has 21 heavy (non-hydrogen) atoms. The van der Waals surface area contributed by atoms with Crippen LogP contribution in [0.2, 0.25) is 0 Å². The van der Waals surface area contributed by atoms with Crippen LogP contribution in [0.1, 0.15) is 12.6 Å². The highest BCUT2D eigenvalue weighted by Gasteiger charge is 2.05. The molecule has 7 heteroatoms. The van der Waals surface area contributed by atoms with Crippen LogP contribution in [0.5, 0.6) is 0 Å². The molecule has 0 aliphatic carbocycles. The van der Waals surface area contributed by atoms with E-state index in [0.717, 1.165) is 41.0 Å². The Morgan fingerprint density at radius 1 is 1.33 bits per heavy atom. The lowest BCUT2D eigenvalue weighted by Gasteiger charge is -2.09. The second kappa shape index (κ2) is 6.17. The second-order valence-electron chi connectivity index (χ2n) is 4.68. The van der Waals surface area contributed by atoms with Crippen molar-refractivity contribution in [1.29, 1.82) is 0 Å². The minimum Gasteiger partial charge on any atom is -0.369 e. The Bertz CT molecular complexity index is 732. The maximum Gasteiger partial charge on any atom is 0.167 e. The standard InChI is InChI=1S/C14H18N6S/c1-3-11-10-13(20-12(18-11)4-5-17-20)15-7-9-21-14-16-6-8-19(14)2/h4-6,8,10,15H,3,7,9H2,1-2H3. The Labute approximate surface area is 127 Å². The molecule has 3 rings (SSSR count). The van der Waals surface area contributed by atoms with Gasteiger partial charge >= 0.3 is 0 Å². The molecule has 0 aromatic carbocycles. The first-order valence-electron chi connectivity index (χ1n) is 6.95. The van der Waals surface area contributed by atoms with Crippen LogP contribution >= 0.6 is 11.8 Å². The summed E-state index contributed by atoms with van der Waals surface area (Å²) in [6.45, 7) is 2.95. The summed E-state index contributed by atoms with van der Waals surface area (Å²) in [5.41, 5.74) is 1.95. The topological polar surface area (TPSA) is 60.0 Å². The average molecular weight is 302 g/mol. The van der Waals surface area contributed by atoms with Crippen molar-refractivity contribution in [2.24, 2.45) is 7.05 Å². The molecule has 0 radical (unpaired) electrons. The molecule has 0 amide bonds. The number of hydrogen-bond donors (Lipinski definition) is 1. The van der Waals surface area contributed by atoms with Crippen LogP contribution in [0.3, 0.4) is 0 Å². The van der Waals surface area contributed by atoms with Crippen molar-refractivity contribution in [3.63, 3.8) is 0 Å². The molecule has 6 nitrogen and oxygen atoms in total. The van der Waals surface area contributed by atoms with Gasteiger partial charge in [-0.15, -0.1) is 0 Å². The first-order valence-corrected chi connectivity index (χ1v) is 7.94. The van der Waals surface area contributed by atoms with E-state index in [1.54, 1.807) is 18.0 Å². The summed E-state index contributed by atoms with van der Waals surface area (Å²) in [6.07, 6.45) is 6.47. The molecule has 0 saturated carbocycles. The predicted octanol–water partition coefficient (Wildman–Crippen LogP) is 2.23. The van der Waals surface area contributed by atoms with E-state index in [2.05, 4.69) is 33.4 Å². The largest absolute Gasteiger partial charge is 0.369 e. The van der Waals surface area contributed by atoms with E-state index in [1.807, 2.05) is 34.6 Å². The number of imidazole rings is 1. The number of thioether (sulfide) groups is 1. The fourth-order valence-electron chi connectivity index (χ4n) is 2.08. The fraction of sp³-hybridized carbons (Fsp3) is 0.357. The Morgan fingerprint density at radius 3 is 3.00 bits per heavy atom. The minimum atomic E-state index is 0.847. The van der Waals surface area contributed by atoms with Crippen LogP contribution in [-0.4, -0.2) is 36.4 Å². The minimum absolute atomic E-state index is 0.847. The lowest BCUT2D eigenvalue weighted by molar-refractivity contribution is 0.790.